The molecule has 2 N–H and O–H groups in total. The molecule has 0 spiro atoms. The van der Waals surface area contributed by atoms with E-state index in [0.717, 1.165) is 22.4 Å². The summed E-state index contributed by atoms with van der Waals surface area (Å²) in [5.74, 6) is 0.647. The van der Waals surface area contributed by atoms with Crippen molar-refractivity contribution in [1.29, 1.82) is 0 Å². The molecule has 1 fully saturated rings. The minimum Gasteiger partial charge on any atom is -0.441 e. The Morgan fingerprint density at radius 2 is 2.07 bits per heavy atom. The number of benzene rings is 1. The molecule has 0 radical (unpaired) electrons. The molecular formula is C18H16N5O6P. The second kappa shape index (κ2) is 6.99. The largest absolute Gasteiger partial charge is 0.469 e. The van der Waals surface area contributed by atoms with Gasteiger partial charge in [-0.15, -0.1) is 0 Å². The van der Waals surface area contributed by atoms with Crippen molar-refractivity contribution < 1.29 is 28.4 Å². The number of amides is 1. The van der Waals surface area contributed by atoms with Gasteiger partial charge < -0.3 is 14.5 Å². The van der Waals surface area contributed by atoms with E-state index in [4.69, 9.17) is 14.5 Å². The molecule has 2 aliphatic rings. The van der Waals surface area contributed by atoms with E-state index in [1.54, 1.807) is 17.2 Å². The molecule has 5 rings (SSSR count). The maximum Gasteiger partial charge on any atom is 0.469 e. The Morgan fingerprint density at radius 3 is 2.77 bits per heavy atom. The highest BCUT2D eigenvalue weighted by atomic mass is 31.2. The molecule has 2 atom stereocenters. The van der Waals surface area contributed by atoms with Crippen molar-refractivity contribution in [2.24, 2.45) is 0 Å². The summed E-state index contributed by atoms with van der Waals surface area (Å²) in [6, 6.07) is 9.09. The number of cyclic esters (lactones) is 1. The van der Waals surface area contributed by atoms with Crippen molar-refractivity contribution in [2.75, 3.05) is 11.5 Å². The van der Waals surface area contributed by atoms with Crippen LogP contribution >= 0.6 is 7.82 Å². The summed E-state index contributed by atoms with van der Waals surface area (Å²) in [6.45, 7) is -0.369. The lowest BCUT2D eigenvalue weighted by Crippen LogP contribution is -2.35. The Kier molecular flexibility index (Phi) is 4.40. The minimum absolute atomic E-state index is 0.369. The van der Waals surface area contributed by atoms with Crippen LogP contribution in [0.5, 0.6) is 0 Å². The molecule has 154 valence electrons. The van der Waals surface area contributed by atoms with E-state index in [-0.39, 0.29) is 12.6 Å². The second-order valence-electron chi connectivity index (χ2n) is 6.94. The van der Waals surface area contributed by atoms with E-state index in [0.29, 0.717) is 12.2 Å². The maximum atomic E-state index is 12.3. The van der Waals surface area contributed by atoms with Crippen molar-refractivity contribution in [2.45, 2.75) is 18.6 Å². The number of fused-ring (bicyclic) bond motifs is 3. The molecule has 2 aromatic heterocycles. The fourth-order valence-electron chi connectivity index (χ4n) is 3.79. The number of phosphoric acid groups is 1. The number of carbonyl (C=O) groups is 1. The zero-order valence-corrected chi connectivity index (χ0v) is 16.3. The number of phosphoric ester groups is 1. The molecule has 0 aliphatic carbocycles. The van der Waals surface area contributed by atoms with Crippen LogP contribution in [0.2, 0.25) is 0 Å². The molecule has 30 heavy (non-hydrogen) atoms. The summed E-state index contributed by atoms with van der Waals surface area (Å²) >= 11 is 0. The van der Waals surface area contributed by atoms with Crippen molar-refractivity contribution in [1.82, 2.24) is 19.7 Å². The zero-order valence-electron chi connectivity index (χ0n) is 15.4. The van der Waals surface area contributed by atoms with Crippen LogP contribution in [0.3, 0.4) is 0 Å². The van der Waals surface area contributed by atoms with E-state index >= 15 is 0 Å². The lowest BCUT2D eigenvalue weighted by molar-refractivity contribution is 0.0761. The summed E-state index contributed by atoms with van der Waals surface area (Å²) in [5.41, 5.74) is 3.50. The van der Waals surface area contributed by atoms with Crippen LogP contribution in [0.15, 0.2) is 49.2 Å². The van der Waals surface area contributed by atoms with Gasteiger partial charge in [-0.25, -0.2) is 24.0 Å². The Bertz CT molecular complexity index is 1150. The van der Waals surface area contributed by atoms with Crippen molar-refractivity contribution >= 4 is 19.6 Å². The Labute approximate surface area is 170 Å². The molecule has 4 heterocycles. The van der Waals surface area contributed by atoms with Crippen LogP contribution in [0.1, 0.15) is 5.56 Å². The number of hydrogen-bond donors (Lipinski definition) is 2. The minimum atomic E-state index is -4.64. The molecule has 0 unspecified atom stereocenters. The predicted molar refractivity (Wildman–Crippen MR) is 103 cm³/mol. The number of nitrogens with zero attached hydrogens (tertiary/aromatic N) is 5. The van der Waals surface area contributed by atoms with E-state index < -0.39 is 20.0 Å². The van der Waals surface area contributed by atoms with Gasteiger partial charge in [-0.3, -0.25) is 9.42 Å². The molecule has 3 aromatic rings. The van der Waals surface area contributed by atoms with Gasteiger partial charge in [0.05, 0.1) is 18.3 Å². The van der Waals surface area contributed by atoms with Gasteiger partial charge in [0.25, 0.3) is 0 Å². The van der Waals surface area contributed by atoms with Crippen LogP contribution in [-0.2, 0) is 20.2 Å². The number of carbonyl (C=O) groups excluding carboxylic acids is 1. The standard InChI is InChI=1S/C18H16N5O6P/c24-18-23-14-3-1-11(12-2-4-17(20-7-12)22-10-19-9-21-22)5-13(14)6-15(23)16(29-18)8-28-30(25,26)27/h1-5,7,9-10,15-16H,6,8H2,(H2,25,26,27)/t15-,16-/m0/s1. The summed E-state index contributed by atoms with van der Waals surface area (Å²) in [5, 5.41) is 4.05. The van der Waals surface area contributed by atoms with Gasteiger partial charge in [0.2, 0.25) is 0 Å². The molecule has 0 bridgehead atoms. The van der Waals surface area contributed by atoms with E-state index in [2.05, 4.69) is 19.6 Å². The van der Waals surface area contributed by atoms with Gasteiger partial charge in [-0.2, -0.15) is 5.10 Å². The molecule has 12 heteroatoms. The fourth-order valence-corrected chi connectivity index (χ4v) is 4.13. The highest BCUT2D eigenvalue weighted by Gasteiger charge is 2.48. The highest BCUT2D eigenvalue weighted by molar-refractivity contribution is 7.46. The van der Waals surface area contributed by atoms with Gasteiger partial charge in [-0.05, 0) is 41.8 Å². The van der Waals surface area contributed by atoms with Crippen LogP contribution in [-0.4, -0.2) is 54.4 Å². The quantitative estimate of drug-likeness (QED) is 0.580. The number of hydrogen-bond acceptors (Lipinski definition) is 7. The van der Waals surface area contributed by atoms with Crippen LogP contribution in [0.25, 0.3) is 16.9 Å². The lowest BCUT2D eigenvalue weighted by Gasteiger charge is -2.16. The first kappa shape index (κ1) is 18.9. The smallest absolute Gasteiger partial charge is 0.441 e. The second-order valence-corrected chi connectivity index (χ2v) is 8.18. The summed E-state index contributed by atoms with van der Waals surface area (Å²) in [7, 11) is -4.64. The molecular weight excluding hydrogens is 413 g/mol. The van der Waals surface area contributed by atoms with Gasteiger partial charge in [-0.1, -0.05) is 6.07 Å². The SMILES string of the molecule is O=C1O[C@@H](COP(=O)(O)O)[C@@H]2Cc3cc(-c4ccc(-n5cncn5)nc4)ccc3N12. The summed E-state index contributed by atoms with van der Waals surface area (Å²) in [4.78, 5) is 39.9. The Hall–Kier alpha value is -3.11. The molecule has 2 aliphatic heterocycles. The van der Waals surface area contributed by atoms with Crippen molar-refractivity contribution in [3.63, 3.8) is 0 Å². The van der Waals surface area contributed by atoms with E-state index in [1.165, 1.54) is 11.2 Å². The van der Waals surface area contributed by atoms with Gasteiger partial charge in [0.1, 0.15) is 18.8 Å². The lowest BCUT2D eigenvalue weighted by atomic mass is 10.0. The van der Waals surface area contributed by atoms with Crippen molar-refractivity contribution in [3.8, 4) is 16.9 Å². The first-order valence-electron chi connectivity index (χ1n) is 9.03. The number of ether oxygens (including phenoxy) is 1. The molecule has 11 nitrogen and oxygen atoms in total. The first-order valence-corrected chi connectivity index (χ1v) is 10.6. The number of anilines is 1. The van der Waals surface area contributed by atoms with Crippen molar-refractivity contribution in [3.05, 3.63) is 54.7 Å². The molecule has 1 saturated heterocycles. The maximum absolute atomic E-state index is 12.3. The molecule has 0 saturated carbocycles. The van der Waals surface area contributed by atoms with Crippen LogP contribution in [0.4, 0.5) is 10.5 Å². The number of rotatable bonds is 5. The average molecular weight is 429 g/mol. The van der Waals surface area contributed by atoms with Gasteiger partial charge >= 0.3 is 13.9 Å². The third-order valence-electron chi connectivity index (χ3n) is 5.12. The van der Waals surface area contributed by atoms with E-state index in [1.807, 2.05) is 30.3 Å². The average Bonchev–Trinajstić information content (AvgIpc) is 3.43. The topological polar surface area (TPSA) is 140 Å². The van der Waals surface area contributed by atoms with Gasteiger partial charge in [0, 0.05) is 11.8 Å². The monoisotopic (exact) mass is 429 g/mol. The van der Waals surface area contributed by atoms with Gasteiger partial charge in [0.15, 0.2) is 5.82 Å². The van der Waals surface area contributed by atoms with E-state index in [9.17, 15) is 9.36 Å². The Morgan fingerprint density at radius 1 is 1.23 bits per heavy atom. The fraction of sp³-hybridized carbons (Fsp3) is 0.222. The van der Waals surface area contributed by atoms with Crippen LogP contribution < -0.4 is 4.90 Å². The third-order valence-corrected chi connectivity index (χ3v) is 5.60. The molecule has 1 amide bonds. The predicted octanol–water partition coefficient (Wildman–Crippen LogP) is 1.69. The number of pyridine rings is 1. The normalized spacial score (nSPS) is 20.2. The summed E-state index contributed by atoms with van der Waals surface area (Å²) < 4.78 is 22.3. The Balaban J connectivity index is 1.38. The highest BCUT2D eigenvalue weighted by Crippen LogP contribution is 2.42. The number of aromatic nitrogens is 4. The zero-order chi connectivity index (χ0) is 20.9. The summed E-state index contributed by atoms with van der Waals surface area (Å²) in [6.07, 6.45) is 3.92. The van der Waals surface area contributed by atoms with Crippen LogP contribution in [0, 0.1) is 0 Å². The first-order chi connectivity index (χ1) is 14.4. The molecule has 1 aromatic carbocycles. The third kappa shape index (κ3) is 3.37.